The second-order valence-electron chi connectivity index (χ2n) is 7.78. The Hall–Kier alpha value is -2.90. The molecule has 3 heterocycles. The van der Waals surface area contributed by atoms with Crippen LogP contribution in [0.1, 0.15) is 45.1 Å². The Morgan fingerprint density at radius 3 is 1.90 bits per heavy atom. The van der Waals surface area contributed by atoms with E-state index >= 15 is 0 Å². The highest BCUT2D eigenvalue weighted by Crippen LogP contribution is 2.22. The fourth-order valence-electron chi connectivity index (χ4n) is 4.05. The molecule has 1 aromatic carbocycles. The Morgan fingerprint density at radius 1 is 0.867 bits per heavy atom. The normalized spacial score (nSPS) is 16.6. The summed E-state index contributed by atoms with van der Waals surface area (Å²) in [7, 11) is 0. The van der Waals surface area contributed by atoms with Crippen LogP contribution in [0.3, 0.4) is 0 Å². The van der Waals surface area contributed by atoms with E-state index in [0.717, 1.165) is 56.7 Å². The zero-order chi connectivity index (χ0) is 20.8. The molecular formula is C22H32N8. The van der Waals surface area contributed by atoms with E-state index in [2.05, 4.69) is 73.3 Å². The summed E-state index contributed by atoms with van der Waals surface area (Å²) in [6.07, 6.45) is 6.56. The van der Waals surface area contributed by atoms with Gasteiger partial charge in [0.05, 0.1) is 6.21 Å². The number of nitrogens with one attached hydrogen (secondary N) is 1. The molecule has 160 valence electrons. The summed E-state index contributed by atoms with van der Waals surface area (Å²) in [5.74, 6) is 2.01. The van der Waals surface area contributed by atoms with E-state index in [-0.39, 0.29) is 0 Å². The van der Waals surface area contributed by atoms with Gasteiger partial charge >= 0.3 is 0 Å². The minimum absolute atomic E-state index is 0.504. The Labute approximate surface area is 179 Å². The van der Waals surface area contributed by atoms with Gasteiger partial charge in [0.1, 0.15) is 0 Å². The number of benzene rings is 1. The van der Waals surface area contributed by atoms with E-state index in [1.54, 1.807) is 6.21 Å². The molecule has 1 N–H and O–H groups in total. The van der Waals surface area contributed by atoms with Crippen LogP contribution in [0.4, 0.5) is 23.5 Å². The zero-order valence-electron chi connectivity index (χ0n) is 18.1. The zero-order valence-corrected chi connectivity index (χ0v) is 18.1. The van der Waals surface area contributed by atoms with Gasteiger partial charge in [-0.2, -0.15) is 20.1 Å². The monoisotopic (exact) mass is 408 g/mol. The lowest BCUT2D eigenvalue weighted by molar-refractivity contribution is 0.838. The van der Waals surface area contributed by atoms with Crippen molar-refractivity contribution in [1.29, 1.82) is 0 Å². The van der Waals surface area contributed by atoms with E-state index in [1.165, 1.54) is 31.4 Å². The summed E-state index contributed by atoms with van der Waals surface area (Å²) in [5.41, 5.74) is 5.29. The van der Waals surface area contributed by atoms with Gasteiger partial charge in [-0.15, -0.1) is 0 Å². The van der Waals surface area contributed by atoms with Crippen molar-refractivity contribution >= 4 is 29.7 Å². The van der Waals surface area contributed by atoms with Crippen molar-refractivity contribution < 1.29 is 0 Å². The molecule has 30 heavy (non-hydrogen) atoms. The fourth-order valence-corrected chi connectivity index (χ4v) is 4.05. The SMILES string of the molecule is CCN(CC)c1ccc(C=NNc2nc(N3CCCC3)nc(N3CCCC3)n2)cc1. The maximum atomic E-state index is 4.74. The summed E-state index contributed by atoms with van der Waals surface area (Å²) in [6, 6.07) is 8.43. The van der Waals surface area contributed by atoms with E-state index < -0.39 is 0 Å². The van der Waals surface area contributed by atoms with E-state index in [4.69, 9.17) is 4.98 Å². The quantitative estimate of drug-likeness (QED) is 0.530. The minimum Gasteiger partial charge on any atom is -0.372 e. The molecule has 2 fully saturated rings. The van der Waals surface area contributed by atoms with Crippen molar-refractivity contribution in [3.05, 3.63) is 29.8 Å². The van der Waals surface area contributed by atoms with Gasteiger partial charge in [-0.05, 0) is 57.2 Å². The lowest BCUT2D eigenvalue weighted by Gasteiger charge is -2.20. The topological polar surface area (TPSA) is 72.8 Å². The van der Waals surface area contributed by atoms with Crippen molar-refractivity contribution in [3.63, 3.8) is 0 Å². The smallest absolute Gasteiger partial charge is 0.250 e. The molecule has 2 aliphatic rings. The largest absolute Gasteiger partial charge is 0.372 e. The minimum atomic E-state index is 0.504. The second-order valence-corrected chi connectivity index (χ2v) is 7.78. The molecule has 0 atom stereocenters. The number of anilines is 4. The summed E-state index contributed by atoms with van der Waals surface area (Å²) < 4.78 is 0. The van der Waals surface area contributed by atoms with Crippen LogP contribution >= 0.6 is 0 Å². The van der Waals surface area contributed by atoms with E-state index in [9.17, 15) is 0 Å². The Kier molecular flexibility index (Phi) is 6.61. The van der Waals surface area contributed by atoms with Crippen LogP contribution in [0, 0.1) is 0 Å². The molecule has 0 radical (unpaired) electrons. The van der Waals surface area contributed by atoms with Gasteiger partial charge in [0.15, 0.2) is 0 Å². The molecule has 1 aromatic heterocycles. The molecule has 4 rings (SSSR count). The van der Waals surface area contributed by atoms with Crippen molar-refractivity contribution in [2.75, 3.05) is 59.4 Å². The highest BCUT2D eigenvalue weighted by molar-refractivity contribution is 5.80. The lowest BCUT2D eigenvalue weighted by Crippen LogP contribution is -2.25. The Bertz CT molecular complexity index is 800. The predicted molar refractivity (Wildman–Crippen MR) is 124 cm³/mol. The van der Waals surface area contributed by atoms with Gasteiger partial charge in [0.2, 0.25) is 17.8 Å². The summed E-state index contributed by atoms with van der Waals surface area (Å²) in [6.45, 7) is 10.4. The van der Waals surface area contributed by atoms with Gasteiger partial charge in [-0.25, -0.2) is 5.43 Å². The first kappa shape index (κ1) is 20.4. The number of rotatable bonds is 8. The average molecular weight is 409 g/mol. The first-order valence-corrected chi connectivity index (χ1v) is 11.2. The van der Waals surface area contributed by atoms with E-state index in [1.807, 2.05) is 0 Å². The lowest BCUT2D eigenvalue weighted by atomic mass is 10.2. The third-order valence-corrected chi connectivity index (χ3v) is 5.79. The first-order valence-electron chi connectivity index (χ1n) is 11.2. The predicted octanol–water partition coefficient (Wildman–Crippen LogP) is 3.36. The van der Waals surface area contributed by atoms with Gasteiger partial charge in [-0.1, -0.05) is 12.1 Å². The average Bonchev–Trinajstić information content (AvgIpc) is 3.50. The van der Waals surface area contributed by atoms with Crippen LogP contribution in [0.15, 0.2) is 29.4 Å². The maximum Gasteiger partial charge on any atom is 0.250 e. The van der Waals surface area contributed by atoms with Gasteiger partial charge in [-0.3, -0.25) is 0 Å². The van der Waals surface area contributed by atoms with Gasteiger partial charge < -0.3 is 14.7 Å². The highest BCUT2D eigenvalue weighted by Gasteiger charge is 2.21. The number of nitrogens with zero attached hydrogens (tertiary/aromatic N) is 7. The molecule has 0 amide bonds. The number of hydrazone groups is 1. The molecule has 2 aromatic rings. The second kappa shape index (κ2) is 9.73. The highest BCUT2D eigenvalue weighted by atomic mass is 15.4. The molecule has 0 spiro atoms. The molecule has 0 unspecified atom stereocenters. The van der Waals surface area contributed by atoms with Crippen molar-refractivity contribution in [1.82, 2.24) is 15.0 Å². The summed E-state index contributed by atoms with van der Waals surface area (Å²) in [5, 5.41) is 4.38. The summed E-state index contributed by atoms with van der Waals surface area (Å²) >= 11 is 0. The molecule has 0 aliphatic carbocycles. The number of hydrogen-bond donors (Lipinski definition) is 1. The van der Waals surface area contributed by atoms with E-state index in [0.29, 0.717) is 5.95 Å². The van der Waals surface area contributed by atoms with Crippen LogP contribution < -0.4 is 20.1 Å². The van der Waals surface area contributed by atoms with Gasteiger partial charge in [0.25, 0.3) is 0 Å². The first-order chi connectivity index (χ1) is 14.8. The Morgan fingerprint density at radius 2 is 1.40 bits per heavy atom. The molecule has 0 bridgehead atoms. The standard InChI is InChI=1S/C22H32N8/c1-3-28(4-2)19-11-9-18(10-12-19)17-23-27-20-24-21(29-13-5-6-14-29)26-22(25-20)30-15-7-8-16-30/h9-12,17H,3-8,13-16H2,1-2H3,(H,24,25,26,27). The van der Waals surface area contributed by atoms with Crippen molar-refractivity contribution in [2.24, 2.45) is 5.10 Å². The Balaban J connectivity index is 1.47. The summed E-state index contributed by atoms with van der Waals surface area (Å²) in [4.78, 5) is 20.8. The fraction of sp³-hybridized carbons (Fsp3) is 0.545. The van der Waals surface area contributed by atoms with Crippen LogP contribution in [0.5, 0.6) is 0 Å². The van der Waals surface area contributed by atoms with Crippen LogP contribution in [-0.2, 0) is 0 Å². The molecule has 2 aliphatic heterocycles. The van der Waals surface area contributed by atoms with Crippen LogP contribution in [0.2, 0.25) is 0 Å². The third kappa shape index (κ3) is 4.80. The third-order valence-electron chi connectivity index (χ3n) is 5.79. The van der Waals surface area contributed by atoms with Crippen LogP contribution in [0.25, 0.3) is 0 Å². The number of aromatic nitrogens is 3. The number of hydrogen-bond acceptors (Lipinski definition) is 8. The van der Waals surface area contributed by atoms with Crippen molar-refractivity contribution in [3.8, 4) is 0 Å². The maximum absolute atomic E-state index is 4.74. The van der Waals surface area contributed by atoms with Gasteiger partial charge in [0, 0.05) is 45.0 Å². The van der Waals surface area contributed by atoms with Crippen LogP contribution in [-0.4, -0.2) is 60.4 Å². The van der Waals surface area contributed by atoms with Crippen molar-refractivity contribution in [2.45, 2.75) is 39.5 Å². The molecule has 2 saturated heterocycles. The molecular weight excluding hydrogens is 376 g/mol. The molecule has 8 nitrogen and oxygen atoms in total. The molecule has 8 heteroatoms. The molecule has 0 saturated carbocycles.